The van der Waals surface area contributed by atoms with Gasteiger partial charge in [-0.05, 0) is 43.9 Å². The summed E-state index contributed by atoms with van der Waals surface area (Å²) in [5.74, 6) is -3.51. The number of ether oxygens (including phenoxy) is 2. The Kier molecular flexibility index (Phi) is 6.58. The van der Waals surface area contributed by atoms with Gasteiger partial charge in [-0.25, -0.2) is 4.79 Å². The molecule has 0 amide bonds. The molecule has 0 bridgehead atoms. The highest BCUT2D eigenvalue weighted by Gasteiger charge is 2.47. The summed E-state index contributed by atoms with van der Waals surface area (Å²) in [5.41, 5.74) is 2.42. The largest absolute Gasteiger partial charge is 0.468 e. The van der Waals surface area contributed by atoms with E-state index in [1.807, 2.05) is 6.92 Å². The summed E-state index contributed by atoms with van der Waals surface area (Å²) < 4.78 is 10.1. The minimum atomic E-state index is -0.953. The molecule has 3 rings (SSSR count). The Morgan fingerprint density at radius 2 is 1.97 bits per heavy atom. The van der Waals surface area contributed by atoms with E-state index in [1.54, 1.807) is 32.0 Å². The summed E-state index contributed by atoms with van der Waals surface area (Å²) in [4.78, 5) is 38.8. The predicted molar refractivity (Wildman–Crippen MR) is 113 cm³/mol. The Bertz CT molecular complexity index is 982. The molecule has 1 aromatic carbocycles. The third kappa shape index (κ3) is 3.86. The van der Waals surface area contributed by atoms with Crippen molar-refractivity contribution in [2.24, 2.45) is 11.8 Å². The first kappa shape index (κ1) is 22.4. The van der Waals surface area contributed by atoms with E-state index < -0.39 is 23.8 Å². The average molecular weight is 452 g/mol. The van der Waals surface area contributed by atoms with Gasteiger partial charge in [0, 0.05) is 32.9 Å². The number of halogens is 2. The molecule has 6 nitrogen and oxygen atoms in total. The third-order valence-corrected chi connectivity index (χ3v) is 6.07. The highest BCUT2D eigenvalue weighted by Crippen LogP contribution is 2.47. The molecule has 0 spiro atoms. The van der Waals surface area contributed by atoms with Crippen molar-refractivity contribution in [2.45, 2.75) is 33.1 Å². The second kappa shape index (κ2) is 8.82. The van der Waals surface area contributed by atoms with Gasteiger partial charge in [0.15, 0.2) is 5.78 Å². The normalized spacial score (nSPS) is 23.7. The van der Waals surface area contributed by atoms with E-state index in [2.05, 4.69) is 5.32 Å². The summed E-state index contributed by atoms with van der Waals surface area (Å²) in [5, 5.41) is 3.94. The lowest BCUT2D eigenvalue weighted by Crippen LogP contribution is -2.43. The van der Waals surface area contributed by atoms with Crippen molar-refractivity contribution in [2.75, 3.05) is 13.7 Å². The first-order chi connectivity index (χ1) is 14.2. The van der Waals surface area contributed by atoms with Crippen molar-refractivity contribution in [1.82, 2.24) is 5.32 Å². The molecule has 1 aliphatic carbocycles. The van der Waals surface area contributed by atoms with E-state index in [0.717, 1.165) is 0 Å². The number of hydrogen-bond acceptors (Lipinski definition) is 6. The molecule has 0 radical (unpaired) electrons. The molecule has 0 aromatic heterocycles. The van der Waals surface area contributed by atoms with Crippen LogP contribution in [0.4, 0.5) is 0 Å². The van der Waals surface area contributed by atoms with Crippen molar-refractivity contribution < 1.29 is 23.9 Å². The van der Waals surface area contributed by atoms with Crippen LogP contribution in [-0.4, -0.2) is 31.4 Å². The topological polar surface area (TPSA) is 81.7 Å². The molecule has 0 fully saturated rings. The zero-order chi connectivity index (χ0) is 22.2. The number of Topliss-reactive ketones (excluding diaryl/α,β-unsaturated/α-hetero) is 1. The van der Waals surface area contributed by atoms with E-state index >= 15 is 0 Å². The Hall–Kier alpha value is -2.31. The maximum Gasteiger partial charge on any atom is 0.336 e. The van der Waals surface area contributed by atoms with Gasteiger partial charge in [0.2, 0.25) is 0 Å². The number of ketones is 1. The van der Waals surface area contributed by atoms with Gasteiger partial charge < -0.3 is 14.8 Å². The number of allylic oxidation sites excluding steroid dienone is 3. The summed E-state index contributed by atoms with van der Waals surface area (Å²) in [7, 11) is 1.26. The minimum Gasteiger partial charge on any atom is -0.468 e. The molecule has 0 saturated heterocycles. The molecule has 160 valence electrons. The number of carbonyl (C=O) groups excluding carboxylic acids is 3. The number of rotatable bonds is 4. The first-order valence-electron chi connectivity index (χ1n) is 9.66. The van der Waals surface area contributed by atoms with Crippen LogP contribution < -0.4 is 5.32 Å². The molecule has 0 saturated carbocycles. The molecule has 1 N–H and O–H groups in total. The monoisotopic (exact) mass is 451 g/mol. The van der Waals surface area contributed by atoms with Crippen LogP contribution in [0, 0.1) is 11.8 Å². The fourth-order valence-corrected chi connectivity index (χ4v) is 4.72. The van der Waals surface area contributed by atoms with Gasteiger partial charge in [-0.3, -0.25) is 9.59 Å². The van der Waals surface area contributed by atoms with Crippen LogP contribution in [0.1, 0.15) is 38.7 Å². The van der Waals surface area contributed by atoms with Crippen molar-refractivity contribution in [3.63, 3.8) is 0 Å². The maximum absolute atomic E-state index is 13.5. The number of dihydropyridines is 1. The Balaban J connectivity index is 2.23. The van der Waals surface area contributed by atoms with Crippen molar-refractivity contribution in [3.8, 4) is 0 Å². The molecule has 1 aliphatic heterocycles. The molecule has 8 heteroatoms. The van der Waals surface area contributed by atoms with E-state index in [9.17, 15) is 14.4 Å². The van der Waals surface area contributed by atoms with E-state index in [-0.39, 0.29) is 23.9 Å². The van der Waals surface area contributed by atoms with Crippen LogP contribution in [0.3, 0.4) is 0 Å². The maximum atomic E-state index is 13.5. The molecule has 3 unspecified atom stereocenters. The molecule has 30 heavy (non-hydrogen) atoms. The first-order valence-corrected chi connectivity index (χ1v) is 10.4. The van der Waals surface area contributed by atoms with E-state index in [0.29, 0.717) is 39.0 Å². The fraction of sp³-hybridized carbons (Fsp3) is 0.409. The minimum absolute atomic E-state index is 0.179. The second-order valence-electron chi connectivity index (χ2n) is 7.42. The zero-order valence-corrected chi connectivity index (χ0v) is 18.7. The lowest BCUT2D eigenvalue weighted by Gasteiger charge is -2.38. The number of esters is 2. The molecule has 2 aliphatic rings. The van der Waals surface area contributed by atoms with Gasteiger partial charge >= 0.3 is 11.9 Å². The molecule has 1 heterocycles. The summed E-state index contributed by atoms with van der Waals surface area (Å²) in [6.45, 7) is 5.47. The summed E-state index contributed by atoms with van der Waals surface area (Å²) >= 11 is 12.5. The third-order valence-electron chi connectivity index (χ3n) is 5.51. The van der Waals surface area contributed by atoms with Crippen molar-refractivity contribution in [1.29, 1.82) is 0 Å². The van der Waals surface area contributed by atoms with E-state index in [1.165, 1.54) is 7.11 Å². The van der Waals surface area contributed by atoms with Gasteiger partial charge in [-0.2, -0.15) is 0 Å². The van der Waals surface area contributed by atoms with Crippen LogP contribution >= 0.6 is 23.2 Å². The van der Waals surface area contributed by atoms with Crippen molar-refractivity contribution in [3.05, 3.63) is 56.3 Å². The number of methoxy groups -OCH3 is 1. The Morgan fingerprint density at radius 3 is 2.57 bits per heavy atom. The van der Waals surface area contributed by atoms with Crippen LogP contribution in [0.5, 0.6) is 0 Å². The van der Waals surface area contributed by atoms with Crippen LogP contribution in [0.25, 0.3) is 0 Å². The number of carbonyl (C=O) groups is 3. The highest BCUT2D eigenvalue weighted by atomic mass is 35.5. The number of benzene rings is 1. The van der Waals surface area contributed by atoms with Crippen molar-refractivity contribution >= 4 is 40.9 Å². The molecule has 1 aromatic rings. The number of hydrogen-bond donors (Lipinski definition) is 1. The second-order valence-corrected chi connectivity index (χ2v) is 8.27. The van der Waals surface area contributed by atoms with Gasteiger partial charge in [0.1, 0.15) is 5.92 Å². The highest BCUT2D eigenvalue weighted by molar-refractivity contribution is 6.35. The predicted octanol–water partition coefficient (Wildman–Crippen LogP) is 4.17. The van der Waals surface area contributed by atoms with E-state index in [4.69, 9.17) is 32.7 Å². The molecule has 3 atom stereocenters. The van der Waals surface area contributed by atoms with Gasteiger partial charge in [0.05, 0.1) is 19.3 Å². The van der Waals surface area contributed by atoms with Gasteiger partial charge in [-0.1, -0.05) is 36.2 Å². The summed E-state index contributed by atoms with van der Waals surface area (Å²) in [6.07, 6.45) is 0.454. The van der Waals surface area contributed by atoms with Gasteiger partial charge in [-0.15, -0.1) is 0 Å². The Morgan fingerprint density at radius 1 is 1.27 bits per heavy atom. The quantitative estimate of drug-likeness (QED) is 0.546. The fourth-order valence-electron chi connectivity index (χ4n) is 4.21. The van der Waals surface area contributed by atoms with Crippen LogP contribution in [0.2, 0.25) is 10.0 Å². The van der Waals surface area contributed by atoms with Gasteiger partial charge in [0.25, 0.3) is 0 Å². The molecular weight excluding hydrogens is 429 g/mol. The Labute approximate surface area is 185 Å². The standard InChI is InChI=1S/C22H23Cl2NO5/c1-5-30-22(28)17-11(3)25-15-8-10(2)16(21(27)29-4)20(26)19(15)18(17)13-7-6-12(23)9-14(13)24/h6-7,9-10,16,18,25H,5,8H2,1-4H3. The summed E-state index contributed by atoms with van der Waals surface area (Å²) in [6, 6.07) is 4.90. The zero-order valence-electron chi connectivity index (χ0n) is 17.2. The van der Waals surface area contributed by atoms with Crippen LogP contribution in [-0.2, 0) is 23.9 Å². The van der Waals surface area contributed by atoms with Crippen LogP contribution in [0.15, 0.2) is 40.7 Å². The molecular formula is C22H23Cl2NO5. The number of nitrogens with one attached hydrogen (secondary N) is 1. The SMILES string of the molecule is CCOC(=O)C1=C(C)NC2=C(C(=O)C(C(=O)OC)C(C)C2)C1c1ccc(Cl)cc1Cl. The average Bonchev–Trinajstić information content (AvgIpc) is 2.66. The smallest absolute Gasteiger partial charge is 0.336 e. The lowest BCUT2D eigenvalue weighted by atomic mass is 9.69. The lowest BCUT2D eigenvalue weighted by molar-refractivity contribution is -0.151.